The van der Waals surface area contributed by atoms with E-state index in [0.717, 1.165) is 46.3 Å². The monoisotopic (exact) mass is 368 g/mol. The lowest BCUT2D eigenvalue weighted by Gasteiger charge is -2.44. The van der Waals surface area contributed by atoms with Gasteiger partial charge in [0, 0.05) is 18.5 Å². The van der Waals surface area contributed by atoms with E-state index in [0.29, 0.717) is 6.42 Å². The number of hydrogen-bond donors (Lipinski definition) is 0. The number of amides is 1. The average Bonchev–Trinajstić information content (AvgIpc) is 3.23. The highest BCUT2D eigenvalue weighted by atomic mass is 35.5. The Morgan fingerprint density at radius 3 is 2.84 bits per heavy atom. The number of carbonyl (C=O) groups is 1. The summed E-state index contributed by atoms with van der Waals surface area (Å²) in [7, 11) is 0. The highest BCUT2D eigenvalue weighted by molar-refractivity contribution is 8.16. The summed E-state index contributed by atoms with van der Waals surface area (Å²) in [4.78, 5) is 19.9. The molecule has 1 fully saturated rings. The van der Waals surface area contributed by atoms with Crippen LogP contribution in [-0.4, -0.2) is 28.3 Å². The maximum absolute atomic E-state index is 13.1. The van der Waals surface area contributed by atoms with E-state index in [-0.39, 0.29) is 11.9 Å². The molecule has 3 heterocycles. The lowest BCUT2D eigenvalue weighted by atomic mass is 9.84. The van der Waals surface area contributed by atoms with Crippen LogP contribution in [-0.2, 0) is 11.2 Å². The Morgan fingerprint density at radius 1 is 1.16 bits per heavy atom. The molecule has 0 aromatic heterocycles. The zero-order valence-corrected chi connectivity index (χ0v) is 15.2. The van der Waals surface area contributed by atoms with Crippen molar-refractivity contribution in [1.29, 1.82) is 0 Å². The summed E-state index contributed by atoms with van der Waals surface area (Å²) in [5, 5.41) is 1.64. The molecule has 1 amide bonds. The highest BCUT2D eigenvalue weighted by Gasteiger charge is 2.57. The first kappa shape index (κ1) is 15.5. The molecule has 3 aliphatic rings. The second kappa shape index (κ2) is 5.61. The minimum absolute atomic E-state index is 0.0129. The molecule has 25 heavy (non-hydrogen) atoms. The molecular weight excluding hydrogens is 352 g/mol. The van der Waals surface area contributed by atoms with Crippen molar-refractivity contribution in [1.82, 2.24) is 0 Å². The Morgan fingerprint density at radius 2 is 2.00 bits per heavy atom. The number of nitrogens with zero attached hydrogens (tertiary/aromatic N) is 2. The van der Waals surface area contributed by atoms with Gasteiger partial charge in [0.1, 0.15) is 9.79 Å². The first-order valence-electron chi connectivity index (χ1n) is 8.61. The predicted molar refractivity (Wildman–Crippen MR) is 104 cm³/mol. The fraction of sp³-hybridized carbons (Fsp3) is 0.300. The van der Waals surface area contributed by atoms with Gasteiger partial charge in [0.25, 0.3) is 5.91 Å². The smallest absolute Gasteiger partial charge is 0.265 e. The number of fused-ring (bicyclic) bond motifs is 4. The van der Waals surface area contributed by atoms with Gasteiger partial charge in [-0.05, 0) is 24.5 Å². The molecule has 0 aliphatic carbocycles. The predicted octanol–water partition coefficient (Wildman–Crippen LogP) is 4.32. The minimum Gasteiger partial charge on any atom is -0.365 e. The third kappa shape index (κ3) is 2.20. The van der Waals surface area contributed by atoms with Crippen LogP contribution in [0.5, 0.6) is 0 Å². The Labute approximate surface area is 156 Å². The molecule has 5 rings (SSSR count). The summed E-state index contributed by atoms with van der Waals surface area (Å²) in [6, 6.07) is 16.2. The van der Waals surface area contributed by atoms with Gasteiger partial charge in [0.05, 0.1) is 16.8 Å². The molecule has 0 N–H and O–H groups in total. The van der Waals surface area contributed by atoms with Crippen LogP contribution in [0.2, 0.25) is 5.02 Å². The van der Waals surface area contributed by atoms with Crippen LogP contribution in [0.15, 0.2) is 53.5 Å². The van der Waals surface area contributed by atoms with Crippen molar-refractivity contribution >= 4 is 40.0 Å². The van der Waals surface area contributed by atoms with Crippen molar-refractivity contribution in [2.24, 2.45) is 4.99 Å². The van der Waals surface area contributed by atoms with Gasteiger partial charge in [-0.25, -0.2) is 4.99 Å². The van der Waals surface area contributed by atoms with Crippen LogP contribution in [0.1, 0.15) is 24.0 Å². The van der Waals surface area contributed by atoms with Gasteiger partial charge >= 0.3 is 0 Å². The summed E-state index contributed by atoms with van der Waals surface area (Å²) in [6.07, 6.45) is 2.81. The van der Waals surface area contributed by atoms with E-state index in [4.69, 9.17) is 11.6 Å². The van der Waals surface area contributed by atoms with Gasteiger partial charge in [-0.2, -0.15) is 0 Å². The Bertz CT molecular complexity index is 898. The van der Waals surface area contributed by atoms with Gasteiger partial charge < -0.3 is 4.90 Å². The first-order valence-corrected chi connectivity index (χ1v) is 9.80. The maximum atomic E-state index is 13.1. The normalized spacial score (nSPS) is 27.4. The molecule has 2 aromatic rings. The molecule has 2 unspecified atom stereocenters. The van der Waals surface area contributed by atoms with E-state index in [1.54, 1.807) is 11.8 Å². The van der Waals surface area contributed by atoms with Crippen molar-refractivity contribution in [2.45, 2.75) is 30.1 Å². The Balaban J connectivity index is 1.60. The Hall–Kier alpha value is -1.78. The zero-order chi connectivity index (χ0) is 17.0. The fourth-order valence-corrected chi connectivity index (χ4v) is 6.17. The van der Waals surface area contributed by atoms with E-state index >= 15 is 0 Å². The second-order valence-corrected chi connectivity index (χ2v) is 8.58. The molecule has 5 heteroatoms. The quantitative estimate of drug-likeness (QED) is 0.751. The van der Waals surface area contributed by atoms with E-state index in [1.807, 2.05) is 42.5 Å². The lowest BCUT2D eigenvalue weighted by Crippen LogP contribution is -2.55. The van der Waals surface area contributed by atoms with E-state index in [9.17, 15) is 4.79 Å². The lowest BCUT2D eigenvalue weighted by molar-refractivity contribution is -0.120. The van der Waals surface area contributed by atoms with Crippen LogP contribution in [0, 0.1) is 0 Å². The fourth-order valence-electron chi connectivity index (χ4n) is 4.40. The summed E-state index contributed by atoms with van der Waals surface area (Å²) >= 11 is 8.16. The molecular formula is C20H17ClN2OS. The summed E-state index contributed by atoms with van der Waals surface area (Å²) < 4.78 is -0.515. The first-order chi connectivity index (χ1) is 12.2. The largest absolute Gasteiger partial charge is 0.365 e. The number of thioether (sulfide) groups is 1. The number of carbonyl (C=O) groups excluding carboxylic acids is 1. The average molecular weight is 369 g/mol. The minimum atomic E-state index is -0.515. The molecule has 2 aromatic carbocycles. The topological polar surface area (TPSA) is 32.7 Å². The molecule has 0 bridgehead atoms. The number of aliphatic imine (C=N–C) groups is 1. The molecule has 0 saturated carbocycles. The van der Waals surface area contributed by atoms with Gasteiger partial charge in [0.15, 0.2) is 0 Å². The van der Waals surface area contributed by atoms with Crippen molar-refractivity contribution in [2.75, 3.05) is 11.4 Å². The van der Waals surface area contributed by atoms with Crippen LogP contribution < -0.4 is 4.90 Å². The van der Waals surface area contributed by atoms with E-state index in [2.05, 4.69) is 16.0 Å². The van der Waals surface area contributed by atoms with Crippen molar-refractivity contribution in [3.63, 3.8) is 0 Å². The van der Waals surface area contributed by atoms with Crippen molar-refractivity contribution < 1.29 is 4.79 Å². The third-order valence-electron chi connectivity index (χ3n) is 5.47. The number of hydrogen-bond acceptors (Lipinski definition) is 3. The molecule has 2 atom stereocenters. The second-order valence-electron chi connectivity index (χ2n) is 6.86. The van der Waals surface area contributed by atoms with Crippen molar-refractivity contribution in [3.8, 4) is 0 Å². The van der Waals surface area contributed by atoms with Gasteiger partial charge in [0.2, 0.25) is 0 Å². The third-order valence-corrected chi connectivity index (χ3v) is 7.25. The molecule has 1 spiro atoms. The van der Waals surface area contributed by atoms with Crippen LogP contribution >= 0.6 is 23.4 Å². The van der Waals surface area contributed by atoms with Crippen LogP contribution in [0.4, 0.5) is 5.69 Å². The number of benzene rings is 2. The molecule has 126 valence electrons. The summed E-state index contributed by atoms with van der Waals surface area (Å²) in [5.41, 5.74) is 3.31. The standard InChI is InChI=1S/C20H17ClN2OS/c21-15-9-4-8-14-12-20(16-10-5-11-23(16)17(14)15)19(24)22-18(25-20)13-6-2-1-3-7-13/h1-4,6-9,16H,5,10-12H2. The van der Waals surface area contributed by atoms with Crippen molar-refractivity contribution in [3.05, 3.63) is 64.7 Å². The van der Waals surface area contributed by atoms with Crippen LogP contribution in [0.3, 0.4) is 0 Å². The van der Waals surface area contributed by atoms with Gasteiger partial charge in [-0.1, -0.05) is 65.8 Å². The number of anilines is 1. The maximum Gasteiger partial charge on any atom is 0.265 e. The number of para-hydroxylation sites is 1. The zero-order valence-electron chi connectivity index (χ0n) is 13.6. The van der Waals surface area contributed by atoms with Crippen LogP contribution in [0.25, 0.3) is 0 Å². The molecule has 3 nitrogen and oxygen atoms in total. The number of halogens is 1. The highest BCUT2D eigenvalue weighted by Crippen LogP contribution is 2.53. The van der Waals surface area contributed by atoms with E-state index in [1.165, 1.54) is 0 Å². The summed E-state index contributed by atoms with van der Waals surface area (Å²) in [6.45, 7) is 0.956. The Kier molecular flexibility index (Phi) is 3.47. The molecule has 1 saturated heterocycles. The van der Waals surface area contributed by atoms with E-state index < -0.39 is 4.75 Å². The molecule has 3 aliphatic heterocycles. The van der Waals surface area contributed by atoms with Gasteiger partial charge in [-0.3, -0.25) is 4.79 Å². The van der Waals surface area contributed by atoms with Gasteiger partial charge in [-0.15, -0.1) is 0 Å². The SMILES string of the molecule is O=C1N=C(c2ccccc2)SC12Cc1cccc(Cl)c1N1CCCC12. The number of rotatable bonds is 1. The summed E-state index contributed by atoms with van der Waals surface area (Å²) in [5.74, 6) is 0.0129. The molecule has 0 radical (unpaired) electrons.